The zero-order valence-electron chi connectivity index (χ0n) is 16.1. The number of hydrogen-bond donors (Lipinski definition) is 2. The summed E-state index contributed by atoms with van der Waals surface area (Å²) in [5.74, 6) is 1.91. The Labute approximate surface area is 152 Å². The van der Waals surface area contributed by atoms with E-state index < -0.39 is 0 Å². The van der Waals surface area contributed by atoms with Gasteiger partial charge >= 0.3 is 0 Å². The van der Waals surface area contributed by atoms with E-state index in [9.17, 15) is 0 Å². The number of nitrogens with one attached hydrogen (secondary N) is 2. The first-order valence-electron chi connectivity index (χ1n) is 10.1. The Kier molecular flexibility index (Phi) is 9.37. The van der Waals surface area contributed by atoms with Crippen LogP contribution in [0.3, 0.4) is 0 Å². The van der Waals surface area contributed by atoms with E-state index in [2.05, 4.69) is 34.7 Å². The van der Waals surface area contributed by atoms with Crippen molar-refractivity contribution in [2.45, 2.75) is 84.2 Å². The molecule has 1 atom stereocenters. The second-order valence-corrected chi connectivity index (χ2v) is 7.29. The summed E-state index contributed by atoms with van der Waals surface area (Å²) in [4.78, 5) is 4.72. The number of nitrogens with zero attached hydrogens (tertiary/aromatic N) is 4. The van der Waals surface area contributed by atoms with Crippen molar-refractivity contribution in [3.63, 3.8) is 0 Å². The van der Waals surface area contributed by atoms with Crippen LogP contribution in [0.5, 0.6) is 0 Å². The van der Waals surface area contributed by atoms with Crippen molar-refractivity contribution in [2.24, 2.45) is 10.9 Å². The van der Waals surface area contributed by atoms with Gasteiger partial charge in [-0.15, -0.1) is 10.2 Å². The molecule has 6 heteroatoms. The van der Waals surface area contributed by atoms with Gasteiger partial charge in [0.2, 0.25) is 0 Å². The SMILES string of the molecule is CCNC(=NCCCCn1cnnc1)NC(C)CCC1CCCCC1. The predicted octanol–water partition coefficient (Wildman–Crippen LogP) is 3.36. The number of aromatic nitrogens is 3. The summed E-state index contributed by atoms with van der Waals surface area (Å²) in [6.45, 7) is 7.12. The molecule has 1 heterocycles. The number of guanidine groups is 1. The van der Waals surface area contributed by atoms with Gasteiger partial charge in [0.05, 0.1) is 0 Å². The standard InChI is InChI=1S/C19H36N6/c1-3-20-19(21-13-7-8-14-25-15-22-23-16-25)24-17(2)11-12-18-9-5-4-6-10-18/h15-18H,3-14H2,1-2H3,(H2,20,21,24). The van der Waals surface area contributed by atoms with Crippen LogP contribution >= 0.6 is 0 Å². The average Bonchev–Trinajstić information content (AvgIpc) is 3.14. The van der Waals surface area contributed by atoms with E-state index in [4.69, 9.17) is 4.99 Å². The Balaban J connectivity index is 1.63. The smallest absolute Gasteiger partial charge is 0.191 e. The summed E-state index contributed by atoms with van der Waals surface area (Å²) in [6, 6.07) is 0.483. The molecule has 0 bridgehead atoms. The largest absolute Gasteiger partial charge is 0.357 e. The lowest BCUT2D eigenvalue weighted by atomic mass is 9.85. The fourth-order valence-electron chi connectivity index (χ4n) is 3.52. The van der Waals surface area contributed by atoms with Gasteiger partial charge in [-0.25, -0.2) is 0 Å². The van der Waals surface area contributed by atoms with E-state index in [0.29, 0.717) is 6.04 Å². The number of rotatable bonds is 10. The Hall–Kier alpha value is -1.59. The molecule has 25 heavy (non-hydrogen) atoms. The minimum Gasteiger partial charge on any atom is -0.357 e. The highest BCUT2D eigenvalue weighted by Crippen LogP contribution is 2.27. The maximum Gasteiger partial charge on any atom is 0.191 e. The van der Waals surface area contributed by atoms with Gasteiger partial charge in [-0.3, -0.25) is 4.99 Å². The monoisotopic (exact) mass is 348 g/mol. The number of aliphatic imine (C=N–C) groups is 1. The Morgan fingerprint density at radius 3 is 2.68 bits per heavy atom. The van der Waals surface area contributed by atoms with Crippen molar-refractivity contribution in [3.05, 3.63) is 12.7 Å². The molecular formula is C19H36N6. The first-order valence-corrected chi connectivity index (χ1v) is 10.1. The van der Waals surface area contributed by atoms with Gasteiger partial charge in [-0.2, -0.15) is 0 Å². The number of hydrogen-bond acceptors (Lipinski definition) is 3. The lowest BCUT2D eigenvalue weighted by molar-refractivity contribution is 0.322. The second-order valence-electron chi connectivity index (χ2n) is 7.29. The molecule has 0 spiro atoms. The zero-order valence-corrected chi connectivity index (χ0v) is 16.1. The van der Waals surface area contributed by atoms with Gasteiger partial charge in [0.15, 0.2) is 5.96 Å². The van der Waals surface area contributed by atoms with E-state index in [1.54, 1.807) is 12.7 Å². The van der Waals surface area contributed by atoms with Crippen LogP contribution in [0.15, 0.2) is 17.6 Å². The van der Waals surface area contributed by atoms with Crippen LogP contribution in [0, 0.1) is 5.92 Å². The maximum atomic E-state index is 4.72. The topological polar surface area (TPSA) is 67.1 Å². The van der Waals surface area contributed by atoms with Gasteiger partial charge in [-0.1, -0.05) is 32.1 Å². The molecule has 1 aromatic rings. The van der Waals surface area contributed by atoms with Crippen molar-refractivity contribution in [2.75, 3.05) is 13.1 Å². The third-order valence-electron chi connectivity index (χ3n) is 5.02. The molecule has 0 amide bonds. The van der Waals surface area contributed by atoms with Gasteiger partial charge in [-0.05, 0) is 45.4 Å². The van der Waals surface area contributed by atoms with Crippen LogP contribution in [-0.4, -0.2) is 39.9 Å². The second kappa shape index (κ2) is 11.9. The molecule has 0 aromatic carbocycles. The molecule has 1 aliphatic carbocycles. The molecule has 142 valence electrons. The highest BCUT2D eigenvalue weighted by molar-refractivity contribution is 5.79. The molecule has 1 unspecified atom stereocenters. The average molecular weight is 349 g/mol. The molecule has 1 aliphatic rings. The molecule has 1 aromatic heterocycles. The molecule has 6 nitrogen and oxygen atoms in total. The Morgan fingerprint density at radius 1 is 1.20 bits per heavy atom. The molecule has 0 radical (unpaired) electrons. The highest BCUT2D eigenvalue weighted by atomic mass is 15.2. The van der Waals surface area contributed by atoms with Crippen LogP contribution in [0.4, 0.5) is 0 Å². The number of aryl methyl sites for hydroxylation is 1. The maximum absolute atomic E-state index is 4.72. The van der Waals surface area contributed by atoms with Crippen molar-refractivity contribution >= 4 is 5.96 Å². The fraction of sp³-hybridized carbons (Fsp3) is 0.842. The van der Waals surface area contributed by atoms with Gasteiger partial charge in [0.25, 0.3) is 0 Å². The molecule has 0 aliphatic heterocycles. The van der Waals surface area contributed by atoms with E-state index in [1.807, 2.05) is 4.57 Å². The first-order chi connectivity index (χ1) is 12.3. The summed E-state index contributed by atoms with van der Waals surface area (Å²) in [5.41, 5.74) is 0. The van der Waals surface area contributed by atoms with Gasteiger partial charge in [0.1, 0.15) is 12.7 Å². The summed E-state index contributed by atoms with van der Waals surface area (Å²) in [5, 5.41) is 14.6. The molecule has 1 saturated carbocycles. The quantitative estimate of drug-likeness (QED) is 0.386. The molecule has 1 fully saturated rings. The van der Waals surface area contributed by atoms with Crippen molar-refractivity contribution < 1.29 is 0 Å². The van der Waals surface area contributed by atoms with Crippen LogP contribution in [0.2, 0.25) is 0 Å². The highest BCUT2D eigenvalue weighted by Gasteiger charge is 2.14. The van der Waals surface area contributed by atoms with Crippen LogP contribution in [-0.2, 0) is 6.54 Å². The summed E-state index contributed by atoms with van der Waals surface area (Å²) in [6.07, 6.45) is 15.5. The summed E-state index contributed by atoms with van der Waals surface area (Å²) in [7, 11) is 0. The number of unbranched alkanes of at least 4 members (excludes halogenated alkanes) is 1. The van der Waals surface area contributed by atoms with E-state index in [1.165, 1.54) is 44.9 Å². The van der Waals surface area contributed by atoms with Crippen LogP contribution in [0.1, 0.15) is 71.6 Å². The minimum atomic E-state index is 0.483. The molecular weight excluding hydrogens is 312 g/mol. The zero-order chi connectivity index (χ0) is 17.7. The van der Waals surface area contributed by atoms with E-state index in [0.717, 1.165) is 44.4 Å². The van der Waals surface area contributed by atoms with E-state index in [-0.39, 0.29) is 0 Å². The third-order valence-corrected chi connectivity index (χ3v) is 5.02. The molecule has 2 N–H and O–H groups in total. The van der Waals surface area contributed by atoms with Gasteiger partial charge in [0, 0.05) is 25.7 Å². The minimum absolute atomic E-state index is 0.483. The molecule has 0 saturated heterocycles. The predicted molar refractivity (Wildman–Crippen MR) is 104 cm³/mol. The normalized spacial score (nSPS) is 17.4. The fourth-order valence-corrected chi connectivity index (χ4v) is 3.52. The van der Waals surface area contributed by atoms with Crippen molar-refractivity contribution in [1.82, 2.24) is 25.4 Å². The Bertz CT molecular complexity index is 464. The lowest BCUT2D eigenvalue weighted by Gasteiger charge is -2.24. The summed E-state index contributed by atoms with van der Waals surface area (Å²) < 4.78 is 2.01. The van der Waals surface area contributed by atoms with Crippen LogP contribution in [0.25, 0.3) is 0 Å². The van der Waals surface area contributed by atoms with Gasteiger partial charge < -0.3 is 15.2 Å². The third kappa shape index (κ3) is 8.36. The van der Waals surface area contributed by atoms with Crippen molar-refractivity contribution in [1.29, 1.82) is 0 Å². The molecule has 2 rings (SSSR count). The first kappa shape index (κ1) is 19.7. The van der Waals surface area contributed by atoms with E-state index >= 15 is 0 Å². The van der Waals surface area contributed by atoms with Crippen LogP contribution < -0.4 is 10.6 Å². The Morgan fingerprint density at radius 2 is 1.96 bits per heavy atom. The lowest BCUT2D eigenvalue weighted by Crippen LogP contribution is -2.42. The summed E-state index contributed by atoms with van der Waals surface area (Å²) >= 11 is 0. The van der Waals surface area contributed by atoms with Crippen molar-refractivity contribution in [3.8, 4) is 0 Å².